The summed E-state index contributed by atoms with van der Waals surface area (Å²) in [6.07, 6.45) is 1.42. The van der Waals surface area contributed by atoms with Gasteiger partial charge in [0.15, 0.2) is 0 Å². The fourth-order valence-corrected chi connectivity index (χ4v) is 2.25. The summed E-state index contributed by atoms with van der Waals surface area (Å²) < 4.78 is 23.0. The topological polar surface area (TPSA) is 138 Å². The maximum Gasteiger partial charge on any atom is 0.238 e. The number of benzene rings is 1. The largest absolute Gasteiger partial charge is 0.399 e. The Hall–Kier alpha value is -1.90. The molecule has 0 amide bonds. The Morgan fingerprint density at radius 2 is 1.79 bits per heavy atom. The molecule has 0 saturated heterocycles. The molecule has 0 spiro atoms. The maximum atomic E-state index is 11.5. The zero-order chi connectivity index (χ0) is 13.3. The highest BCUT2D eigenvalue weighted by molar-refractivity contribution is 7.89. The molecule has 7 nitrogen and oxygen atoms in total. The van der Waals surface area contributed by atoms with Gasteiger partial charge in [-0.15, -0.1) is 12.4 Å². The molecule has 0 radical (unpaired) electrons. The fraction of sp³-hybridized carbons (Fsp3) is 0. The van der Waals surface area contributed by atoms with Crippen LogP contribution in [0, 0.1) is 0 Å². The van der Waals surface area contributed by atoms with Crippen molar-refractivity contribution in [2.75, 3.05) is 11.5 Å². The van der Waals surface area contributed by atoms with Crippen LogP contribution in [0.4, 0.5) is 11.6 Å². The smallest absolute Gasteiger partial charge is 0.238 e. The van der Waals surface area contributed by atoms with Crippen molar-refractivity contribution in [2.24, 2.45) is 5.14 Å². The number of hydrogen-bond acceptors (Lipinski definition) is 6. The van der Waals surface area contributed by atoms with Crippen molar-refractivity contribution in [1.82, 2.24) is 9.97 Å². The van der Waals surface area contributed by atoms with E-state index >= 15 is 0 Å². The predicted molar refractivity (Wildman–Crippen MR) is 74.9 cm³/mol. The predicted octanol–water partition coefficient (Wildman–Crippen LogP) is 0.377. The molecule has 0 atom stereocenters. The second kappa shape index (κ2) is 5.39. The van der Waals surface area contributed by atoms with Crippen molar-refractivity contribution < 1.29 is 8.42 Å². The first-order valence-electron chi connectivity index (χ1n) is 4.89. The van der Waals surface area contributed by atoms with Gasteiger partial charge in [-0.3, -0.25) is 0 Å². The lowest BCUT2D eigenvalue weighted by Crippen LogP contribution is -2.14. The van der Waals surface area contributed by atoms with E-state index in [1.807, 2.05) is 0 Å². The Morgan fingerprint density at radius 3 is 2.37 bits per heavy atom. The number of aromatic nitrogens is 2. The number of nitrogen functional groups attached to an aromatic ring is 2. The summed E-state index contributed by atoms with van der Waals surface area (Å²) in [5.41, 5.74) is 12.1. The quantitative estimate of drug-likeness (QED) is 0.685. The van der Waals surface area contributed by atoms with Gasteiger partial charge in [-0.05, 0) is 24.3 Å². The van der Waals surface area contributed by atoms with Crippen LogP contribution < -0.4 is 16.6 Å². The number of nitrogens with two attached hydrogens (primary N) is 3. The number of rotatable bonds is 2. The molecule has 0 fully saturated rings. The Balaban J connectivity index is 0.00000180. The molecule has 19 heavy (non-hydrogen) atoms. The van der Waals surface area contributed by atoms with E-state index in [9.17, 15) is 8.42 Å². The highest BCUT2D eigenvalue weighted by Crippen LogP contribution is 2.27. The molecular formula is C10H12ClN5O2S. The van der Waals surface area contributed by atoms with Gasteiger partial charge in [0.1, 0.15) is 0 Å². The molecule has 0 aliphatic rings. The van der Waals surface area contributed by atoms with E-state index in [1.165, 1.54) is 30.5 Å². The third kappa shape index (κ3) is 3.31. The number of halogens is 1. The number of hydrogen-bond donors (Lipinski definition) is 3. The van der Waals surface area contributed by atoms with Crippen molar-refractivity contribution in [3.63, 3.8) is 0 Å². The molecule has 0 aliphatic carbocycles. The lowest BCUT2D eigenvalue weighted by molar-refractivity contribution is 0.598. The summed E-state index contributed by atoms with van der Waals surface area (Å²) in [6, 6.07) is 5.79. The van der Waals surface area contributed by atoms with E-state index in [-0.39, 0.29) is 23.3 Å². The summed E-state index contributed by atoms with van der Waals surface area (Å²) in [4.78, 5) is 7.62. The minimum Gasteiger partial charge on any atom is -0.399 e. The summed E-state index contributed by atoms with van der Waals surface area (Å²) in [7, 11) is -3.87. The van der Waals surface area contributed by atoms with Crippen LogP contribution in [0.2, 0.25) is 0 Å². The van der Waals surface area contributed by atoms with Gasteiger partial charge in [-0.1, -0.05) is 0 Å². The van der Waals surface area contributed by atoms with Crippen molar-refractivity contribution >= 4 is 34.1 Å². The fourth-order valence-electron chi connectivity index (χ4n) is 1.52. The summed E-state index contributed by atoms with van der Waals surface area (Å²) in [6.45, 7) is 0. The summed E-state index contributed by atoms with van der Waals surface area (Å²) in [5.74, 6) is 0.0373. The standard InChI is InChI=1S/C10H11N5O2S.ClH/c11-6-1-2-9(18(13,16)17)7(5-6)8-3-4-14-10(12)15-8;/h1-5H,11H2,(H2,12,14,15)(H2,13,16,17);1H. The normalized spacial score (nSPS) is 10.8. The molecule has 0 unspecified atom stereocenters. The van der Waals surface area contributed by atoms with Crippen LogP contribution in [0.3, 0.4) is 0 Å². The van der Waals surface area contributed by atoms with Crippen molar-refractivity contribution in [3.8, 4) is 11.3 Å². The third-order valence-electron chi connectivity index (χ3n) is 2.26. The highest BCUT2D eigenvalue weighted by atomic mass is 35.5. The van der Waals surface area contributed by atoms with Crippen LogP contribution in [0.1, 0.15) is 0 Å². The van der Waals surface area contributed by atoms with E-state index in [0.717, 1.165) is 0 Å². The number of anilines is 2. The number of nitrogens with zero attached hydrogens (tertiary/aromatic N) is 2. The van der Waals surface area contributed by atoms with E-state index < -0.39 is 10.0 Å². The summed E-state index contributed by atoms with van der Waals surface area (Å²) >= 11 is 0. The van der Waals surface area contributed by atoms with Crippen molar-refractivity contribution in [1.29, 1.82) is 0 Å². The Kier molecular flexibility index (Phi) is 4.30. The molecule has 1 aromatic carbocycles. The minimum absolute atomic E-state index is 0. The van der Waals surface area contributed by atoms with Crippen LogP contribution in [0.15, 0.2) is 35.4 Å². The first kappa shape index (κ1) is 15.2. The van der Waals surface area contributed by atoms with Gasteiger partial charge in [0.25, 0.3) is 0 Å². The number of sulfonamides is 1. The van der Waals surface area contributed by atoms with Crippen LogP contribution in [0.5, 0.6) is 0 Å². The van der Waals surface area contributed by atoms with E-state index in [0.29, 0.717) is 16.9 Å². The number of primary sulfonamides is 1. The van der Waals surface area contributed by atoms with Crippen molar-refractivity contribution in [2.45, 2.75) is 4.90 Å². The molecule has 102 valence electrons. The third-order valence-corrected chi connectivity index (χ3v) is 3.23. The van der Waals surface area contributed by atoms with Crippen LogP contribution >= 0.6 is 12.4 Å². The van der Waals surface area contributed by atoms with Gasteiger partial charge < -0.3 is 11.5 Å². The minimum atomic E-state index is -3.87. The molecule has 1 heterocycles. The van der Waals surface area contributed by atoms with Crippen LogP contribution in [-0.4, -0.2) is 18.4 Å². The zero-order valence-corrected chi connectivity index (χ0v) is 11.3. The van der Waals surface area contributed by atoms with Gasteiger partial charge in [-0.2, -0.15) is 0 Å². The van der Waals surface area contributed by atoms with Gasteiger partial charge in [-0.25, -0.2) is 23.5 Å². The van der Waals surface area contributed by atoms with Gasteiger partial charge in [0, 0.05) is 17.4 Å². The molecule has 0 aliphatic heterocycles. The van der Waals surface area contributed by atoms with E-state index in [4.69, 9.17) is 16.6 Å². The Labute approximate surface area is 116 Å². The lowest BCUT2D eigenvalue weighted by atomic mass is 10.1. The molecule has 6 N–H and O–H groups in total. The summed E-state index contributed by atoms with van der Waals surface area (Å²) in [5, 5.41) is 5.14. The SMILES string of the molecule is Cl.Nc1ccc(S(N)(=O)=O)c(-c2ccnc(N)n2)c1. The monoisotopic (exact) mass is 301 g/mol. The second-order valence-electron chi connectivity index (χ2n) is 3.60. The molecule has 9 heteroatoms. The van der Waals surface area contributed by atoms with E-state index in [1.54, 1.807) is 0 Å². The molecule has 2 aromatic rings. The molecule has 1 aromatic heterocycles. The average Bonchev–Trinajstić information content (AvgIpc) is 2.27. The van der Waals surface area contributed by atoms with Gasteiger partial charge in [0.05, 0.1) is 10.6 Å². The molecule has 0 saturated carbocycles. The molecular weight excluding hydrogens is 290 g/mol. The first-order chi connectivity index (χ1) is 8.38. The first-order valence-corrected chi connectivity index (χ1v) is 6.44. The molecule has 2 rings (SSSR count). The van der Waals surface area contributed by atoms with E-state index in [2.05, 4.69) is 9.97 Å². The van der Waals surface area contributed by atoms with Crippen LogP contribution in [-0.2, 0) is 10.0 Å². The lowest BCUT2D eigenvalue weighted by Gasteiger charge is -2.08. The van der Waals surface area contributed by atoms with Gasteiger partial charge >= 0.3 is 0 Å². The maximum absolute atomic E-state index is 11.5. The highest BCUT2D eigenvalue weighted by Gasteiger charge is 2.16. The van der Waals surface area contributed by atoms with Crippen molar-refractivity contribution in [3.05, 3.63) is 30.5 Å². The Bertz CT molecular complexity index is 705. The zero-order valence-electron chi connectivity index (χ0n) is 9.65. The Morgan fingerprint density at radius 1 is 1.11 bits per heavy atom. The van der Waals surface area contributed by atoms with Gasteiger partial charge in [0.2, 0.25) is 16.0 Å². The second-order valence-corrected chi connectivity index (χ2v) is 5.13. The van der Waals surface area contributed by atoms with Crippen LogP contribution in [0.25, 0.3) is 11.3 Å². The molecule has 0 bridgehead atoms. The average molecular weight is 302 g/mol.